The molecule has 0 atom stereocenters. The minimum absolute atomic E-state index is 0.115. The topological polar surface area (TPSA) is 74.2 Å². The van der Waals surface area contributed by atoms with Gasteiger partial charge in [-0.3, -0.25) is 0 Å². The Morgan fingerprint density at radius 3 is 2.53 bits per heavy atom. The Hall–Kier alpha value is -1.02. The maximum atomic E-state index is 11.9. The summed E-state index contributed by atoms with van der Waals surface area (Å²) in [5, 5.41) is 0. The molecule has 1 heterocycles. The number of halogens is 4. The van der Waals surface area contributed by atoms with E-state index in [1.165, 1.54) is 6.07 Å². The van der Waals surface area contributed by atoms with Crippen LogP contribution in [0.25, 0.3) is 0 Å². The second kappa shape index (κ2) is 4.23. The Morgan fingerprint density at radius 1 is 1.47 bits per heavy atom. The summed E-state index contributed by atoms with van der Waals surface area (Å²) in [4.78, 5) is 3.50. The number of nitrogen functional groups attached to an aromatic ring is 1. The summed E-state index contributed by atoms with van der Waals surface area (Å²) >= 11 is 2.95. The summed E-state index contributed by atoms with van der Waals surface area (Å²) < 4.78 is 39.4. The lowest BCUT2D eigenvalue weighted by molar-refractivity contribution is -0.275. The fourth-order valence-electron chi connectivity index (χ4n) is 0.869. The van der Waals surface area contributed by atoms with E-state index in [1.54, 1.807) is 0 Å². The van der Waals surface area contributed by atoms with Crippen molar-refractivity contribution in [3.05, 3.63) is 16.2 Å². The van der Waals surface area contributed by atoms with Crippen molar-refractivity contribution in [2.45, 2.75) is 12.9 Å². The molecule has 1 rings (SSSR count). The van der Waals surface area contributed by atoms with Crippen molar-refractivity contribution in [2.24, 2.45) is 5.73 Å². The Labute approximate surface area is 91.5 Å². The summed E-state index contributed by atoms with van der Waals surface area (Å²) in [6.07, 6.45) is -4.81. The van der Waals surface area contributed by atoms with E-state index in [4.69, 9.17) is 11.5 Å². The van der Waals surface area contributed by atoms with Gasteiger partial charge in [-0.25, -0.2) is 4.98 Å². The molecule has 0 bridgehead atoms. The molecule has 0 aliphatic rings. The molecule has 0 spiro atoms. The van der Waals surface area contributed by atoms with Gasteiger partial charge in [-0.15, -0.1) is 13.2 Å². The zero-order valence-electron chi connectivity index (χ0n) is 7.31. The van der Waals surface area contributed by atoms with Crippen LogP contribution < -0.4 is 16.2 Å². The minimum Gasteiger partial charge on any atom is -0.394 e. The number of pyridine rings is 1. The van der Waals surface area contributed by atoms with E-state index in [9.17, 15) is 13.2 Å². The van der Waals surface area contributed by atoms with Gasteiger partial charge in [0.2, 0.25) is 5.88 Å². The molecule has 0 fully saturated rings. The number of ether oxygens (including phenoxy) is 1. The SMILES string of the molecule is NCc1cc(N)c(OC(F)(F)F)nc1Br. The lowest BCUT2D eigenvalue weighted by atomic mass is 10.2. The number of hydrogen-bond acceptors (Lipinski definition) is 4. The lowest BCUT2D eigenvalue weighted by Gasteiger charge is -2.11. The first-order valence-electron chi connectivity index (χ1n) is 3.74. The van der Waals surface area contributed by atoms with Crippen LogP contribution in [-0.2, 0) is 6.54 Å². The maximum absolute atomic E-state index is 11.9. The molecule has 1 aromatic heterocycles. The maximum Gasteiger partial charge on any atom is 0.574 e. The summed E-state index contributed by atoms with van der Waals surface area (Å²) in [6, 6.07) is 1.28. The smallest absolute Gasteiger partial charge is 0.394 e. The van der Waals surface area contributed by atoms with E-state index in [2.05, 4.69) is 25.7 Å². The molecule has 0 aliphatic heterocycles. The van der Waals surface area contributed by atoms with E-state index in [1.807, 2.05) is 0 Å². The quantitative estimate of drug-likeness (QED) is 0.813. The van der Waals surface area contributed by atoms with Gasteiger partial charge in [-0.05, 0) is 22.0 Å². The Bertz CT molecular complexity index is 369. The highest BCUT2D eigenvalue weighted by Gasteiger charge is 2.33. The first kappa shape index (κ1) is 12.1. The molecule has 4 nitrogen and oxygen atoms in total. The van der Waals surface area contributed by atoms with Gasteiger partial charge in [-0.2, -0.15) is 0 Å². The van der Waals surface area contributed by atoms with Crippen molar-refractivity contribution >= 4 is 21.6 Å². The number of nitrogens with two attached hydrogens (primary N) is 2. The lowest BCUT2D eigenvalue weighted by Crippen LogP contribution is -2.19. The highest BCUT2D eigenvalue weighted by Crippen LogP contribution is 2.29. The number of alkyl halides is 3. The minimum atomic E-state index is -4.81. The third-order valence-corrected chi connectivity index (χ3v) is 2.16. The van der Waals surface area contributed by atoms with E-state index >= 15 is 0 Å². The molecule has 8 heteroatoms. The van der Waals surface area contributed by atoms with Crippen molar-refractivity contribution in [2.75, 3.05) is 5.73 Å². The van der Waals surface area contributed by atoms with Crippen LogP contribution in [0.3, 0.4) is 0 Å². The highest BCUT2D eigenvalue weighted by molar-refractivity contribution is 9.10. The molecule has 0 radical (unpaired) electrons. The summed E-state index contributed by atoms with van der Waals surface area (Å²) in [6.45, 7) is 0.115. The predicted octanol–water partition coefficient (Wildman–Crippen LogP) is 1.78. The van der Waals surface area contributed by atoms with Crippen LogP contribution in [-0.4, -0.2) is 11.3 Å². The zero-order valence-corrected chi connectivity index (χ0v) is 8.89. The Balaban J connectivity index is 3.05. The van der Waals surface area contributed by atoms with Gasteiger partial charge in [0.05, 0.1) is 5.69 Å². The predicted molar refractivity (Wildman–Crippen MR) is 50.9 cm³/mol. The molecule has 0 unspecified atom stereocenters. The standard InChI is InChI=1S/C7H7BrF3N3O/c8-5-3(2-12)1-4(13)6(14-5)15-7(9,10)11/h1H,2,12-13H2. The third-order valence-electron chi connectivity index (χ3n) is 1.47. The molecule has 4 N–H and O–H groups in total. The molecule has 0 saturated carbocycles. The summed E-state index contributed by atoms with van der Waals surface area (Å²) in [5.41, 5.74) is 10.9. The van der Waals surface area contributed by atoms with E-state index in [-0.39, 0.29) is 16.8 Å². The van der Waals surface area contributed by atoms with Crippen molar-refractivity contribution < 1.29 is 17.9 Å². The van der Waals surface area contributed by atoms with Gasteiger partial charge < -0.3 is 16.2 Å². The average molecular weight is 286 g/mol. The summed E-state index contributed by atoms with van der Waals surface area (Å²) in [5.74, 6) is -0.688. The van der Waals surface area contributed by atoms with Crippen LogP contribution >= 0.6 is 15.9 Å². The third kappa shape index (κ3) is 3.24. The van der Waals surface area contributed by atoms with Crippen molar-refractivity contribution in [3.63, 3.8) is 0 Å². The van der Waals surface area contributed by atoms with Crippen LogP contribution in [0.5, 0.6) is 5.88 Å². The van der Waals surface area contributed by atoms with Crippen LogP contribution in [0.2, 0.25) is 0 Å². The monoisotopic (exact) mass is 285 g/mol. The first-order valence-corrected chi connectivity index (χ1v) is 4.53. The number of hydrogen-bond donors (Lipinski definition) is 2. The number of aromatic nitrogens is 1. The molecular formula is C7H7BrF3N3O. The highest BCUT2D eigenvalue weighted by atomic mass is 79.9. The molecule has 0 aliphatic carbocycles. The summed E-state index contributed by atoms with van der Waals surface area (Å²) in [7, 11) is 0. The molecule has 1 aromatic rings. The van der Waals surface area contributed by atoms with Gasteiger partial charge >= 0.3 is 6.36 Å². The largest absolute Gasteiger partial charge is 0.574 e. The van der Waals surface area contributed by atoms with Gasteiger partial charge in [0.1, 0.15) is 4.60 Å². The zero-order chi connectivity index (χ0) is 11.6. The molecule has 0 saturated heterocycles. The van der Waals surface area contributed by atoms with Gasteiger partial charge in [0, 0.05) is 12.1 Å². The van der Waals surface area contributed by atoms with E-state index < -0.39 is 12.2 Å². The Kier molecular flexibility index (Phi) is 3.40. The van der Waals surface area contributed by atoms with Crippen LogP contribution in [0, 0.1) is 0 Å². The van der Waals surface area contributed by atoms with E-state index in [0.717, 1.165) is 0 Å². The fourth-order valence-corrected chi connectivity index (χ4v) is 1.31. The van der Waals surface area contributed by atoms with Crippen LogP contribution in [0.4, 0.5) is 18.9 Å². The van der Waals surface area contributed by atoms with Crippen molar-refractivity contribution in [1.82, 2.24) is 4.98 Å². The number of anilines is 1. The number of nitrogens with zero attached hydrogens (tertiary/aromatic N) is 1. The van der Waals surface area contributed by atoms with Crippen molar-refractivity contribution in [1.29, 1.82) is 0 Å². The van der Waals surface area contributed by atoms with Crippen LogP contribution in [0.1, 0.15) is 5.56 Å². The van der Waals surface area contributed by atoms with Gasteiger partial charge in [-0.1, -0.05) is 0 Å². The first-order chi connectivity index (χ1) is 6.83. The second-order valence-electron chi connectivity index (χ2n) is 2.58. The van der Waals surface area contributed by atoms with Crippen LogP contribution in [0.15, 0.2) is 10.7 Å². The Morgan fingerprint density at radius 2 is 2.07 bits per heavy atom. The molecule has 0 amide bonds. The van der Waals surface area contributed by atoms with Gasteiger partial charge in [0.25, 0.3) is 0 Å². The molecular weight excluding hydrogens is 279 g/mol. The van der Waals surface area contributed by atoms with Gasteiger partial charge in [0.15, 0.2) is 0 Å². The fraction of sp³-hybridized carbons (Fsp3) is 0.286. The molecule has 0 aromatic carbocycles. The number of rotatable bonds is 2. The second-order valence-corrected chi connectivity index (χ2v) is 3.34. The molecule has 84 valence electrons. The normalized spacial score (nSPS) is 11.5. The van der Waals surface area contributed by atoms with E-state index in [0.29, 0.717) is 5.56 Å². The van der Waals surface area contributed by atoms with Crippen molar-refractivity contribution in [3.8, 4) is 5.88 Å². The average Bonchev–Trinajstić information content (AvgIpc) is 2.08. The molecule has 15 heavy (non-hydrogen) atoms.